The molecule has 1 saturated heterocycles. The second kappa shape index (κ2) is 6.34. The summed E-state index contributed by atoms with van der Waals surface area (Å²) in [5.74, 6) is 0.956. The number of amides is 2. The number of fused-ring (bicyclic) bond motifs is 5. The molecule has 0 radical (unpaired) electrons. The third-order valence-electron chi connectivity index (χ3n) is 5.46. The Morgan fingerprint density at radius 2 is 1.78 bits per heavy atom. The van der Waals surface area contributed by atoms with E-state index in [-0.39, 0.29) is 35.5 Å². The van der Waals surface area contributed by atoms with Crippen LogP contribution in [-0.2, 0) is 9.59 Å². The van der Waals surface area contributed by atoms with Crippen LogP contribution in [0.3, 0.4) is 0 Å². The maximum absolute atomic E-state index is 12.5. The fourth-order valence-electron chi connectivity index (χ4n) is 4.25. The van der Waals surface area contributed by atoms with Gasteiger partial charge in [-0.1, -0.05) is 12.2 Å². The van der Waals surface area contributed by atoms with E-state index in [0.717, 1.165) is 19.5 Å². The number of nitrogens with zero attached hydrogens (tertiary/aromatic N) is 3. The minimum Gasteiger partial charge on any atom is -0.370 e. The van der Waals surface area contributed by atoms with Crippen LogP contribution in [0.25, 0.3) is 0 Å². The molecular formula is C17H26N4O2. The zero-order chi connectivity index (χ0) is 16.6. The molecule has 3 rings (SSSR count). The lowest BCUT2D eigenvalue weighted by Gasteiger charge is -2.20. The van der Waals surface area contributed by atoms with E-state index >= 15 is 0 Å². The summed E-state index contributed by atoms with van der Waals surface area (Å²) in [4.78, 5) is 32.8. The zero-order valence-electron chi connectivity index (χ0n) is 13.9. The van der Waals surface area contributed by atoms with Gasteiger partial charge in [-0.25, -0.2) is 0 Å². The summed E-state index contributed by atoms with van der Waals surface area (Å²) in [5.41, 5.74) is 5.93. The molecular weight excluding hydrogens is 292 g/mol. The molecule has 23 heavy (non-hydrogen) atoms. The fraction of sp³-hybridized carbons (Fsp3) is 0.706. The molecule has 1 saturated carbocycles. The highest BCUT2D eigenvalue weighted by Gasteiger charge is 2.58. The van der Waals surface area contributed by atoms with Gasteiger partial charge in [-0.3, -0.25) is 19.5 Å². The fourth-order valence-corrected chi connectivity index (χ4v) is 4.25. The number of nitrogens with two attached hydrogens (primary N) is 1. The Kier molecular flexibility index (Phi) is 4.41. The number of allylic oxidation sites excluding steroid dienone is 2. The molecule has 2 N–H and O–H groups in total. The van der Waals surface area contributed by atoms with Crippen molar-refractivity contribution in [2.24, 2.45) is 34.4 Å². The Labute approximate surface area is 137 Å². The van der Waals surface area contributed by atoms with E-state index < -0.39 is 0 Å². The van der Waals surface area contributed by atoms with Crippen LogP contribution < -0.4 is 5.73 Å². The van der Waals surface area contributed by atoms with Crippen molar-refractivity contribution in [1.29, 1.82) is 0 Å². The molecule has 6 nitrogen and oxygen atoms in total. The predicted molar refractivity (Wildman–Crippen MR) is 88.5 cm³/mol. The van der Waals surface area contributed by atoms with Gasteiger partial charge in [0.25, 0.3) is 0 Å². The van der Waals surface area contributed by atoms with Crippen molar-refractivity contribution in [1.82, 2.24) is 9.80 Å². The maximum atomic E-state index is 12.5. The van der Waals surface area contributed by atoms with Gasteiger partial charge in [0.05, 0.1) is 11.8 Å². The number of imide groups is 1. The van der Waals surface area contributed by atoms with Crippen LogP contribution in [0.5, 0.6) is 0 Å². The van der Waals surface area contributed by atoms with E-state index in [9.17, 15) is 9.59 Å². The smallest absolute Gasteiger partial charge is 0.233 e. The first-order chi connectivity index (χ1) is 11.1. The third kappa shape index (κ3) is 2.64. The Morgan fingerprint density at radius 1 is 1.22 bits per heavy atom. The zero-order valence-corrected chi connectivity index (χ0v) is 13.9. The minimum absolute atomic E-state index is 0.0255. The third-order valence-corrected chi connectivity index (χ3v) is 5.46. The first kappa shape index (κ1) is 16.0. The van der Waals surface area contributed by atoms with Crippen molar-refractivity contribution in [2.75, 3.05) is 26.2 Å². The highest BCUT2D eigenvalue weighted by atomic mass is 16.2. The van der Waals surface area contributed by atoms with Gasteiger partial charge in [-0.2, -0.15) is 0 Å². The van der Waals surface area contributed by atoms with Gasteiger partial charge in [0.15, 0.2) is 5.96 Å². The average molecular weight is 318 g/mol. The molecule has 3 aliphatic rings. The van der Waals surface area contributed by atoms with Crippen LogP contribution in [0.4, 0.5) is 0 Å². The Bertz CT molecular complexity index is 523. The van der Waals surface area contributed by atoms with E-state index in [1.807, 2.05) is 18.7 Å². The van der Waals surface area contributed by atoms with Gasteiger partial charge in [0, 0.05) is 26.2 Å². The summed E-state index contributed by atoms with van der Waals surface area (Å²) in [5, 5.41) is 0. The molecule has 2 aliphatic carbocycles. The van der Waals surface area contributed by atoms with Gasteiger partial charge in [0.2, 0.25) is 11.8 Å². The number of hydrogen-bond acceptors (Lipinski definition) is 3. The molecule has 0 aromatic carbocycles. The van der Waals surface area contributed by atoms with E-state index in [0.29, 0.717) is 25.5 Å². The Morgan fingerprint density at radius 3 is 2.30 bits per heavy atom. The van der Waals surface area contributed by atoms with E-state index in [1.165, 1.54) is 4.90 Å². The van der Waals surface area contributed by atoms with Crippen LogP contribution >= 0.6 is 0 Å². The van der Waals surface area contributed by atoms with Gasteiger partial charge >= 0.3 is 0 Å². The Hall–Kier alpha value is -1.85. The number of aliphatic imine (C=N–C) groups is 1. The van der Waals surface area contributed by atoms with E-state index in [2.05, 4.69) is 17.1 Å². The molecule has 0 aromatic rings. The van der Waals surface area contributed by atoms with E-state index in [1.54, 1.807) is 0 Å². The van der Waals surface area contributed by atoms with Gasteiger partial charge < -0.3 is 10.6 Å². The lowest BCUT2D eigenvalue weighted by molar-refractivity contribution is -0.140. The molecule has 6 heteroatoms. The molecule has 1 heterocycles. The molecule has 2 bridgehead atoms. The maximum Gasteiger partial charge on any atom is 0.233 e. The predicted octanol–water partition coefficient (Wildman–Crippen LogP) is 0.840. The minimum atomic E-state index is -0.0956. The van der Waals surface area contributed by atoms with Crippen LogP contribution in [-0.4, -0.2) is 53.8 Å². The quantitative estimate of drug-likeness (QED) is 0.259. The summed E-state index contributed by atoms with van der Waals surface area (Å²) >= 11 is 0. The van der Waals surface area contributed by atoms with Crippen molar-refractivity contribution in [3.63, 3.8) is 0 Å². The first-order valence-corrected chi connectivity index (χ1v) is 8.66. The number of likely N-dealkylation sites (tertiary alicyclic amines) is 1. The lowest BCUT2D eigenvalue weighted by Crippen LogP contribution is -2.37. The highest BCUT2D eigenvalue weighted by molar-refractivity contribution is 6.06. The lowest BCUT2D eigenvalue weighted by atomic mass is 9.85. The SMILES string of the molecule is CCN(CC)C(N)=NCCCN1C(=O)C2C3C=CC(C3)C2C1=O. The summed E-state index contributed by atoms with van der Waals surface area (Å²) in [6.07, 6.45) is 5.89. The van der Waals surface area contributed by atoms with Crippen molar-refractivity contribution in [3.05, 3.63) is 12.2 Å². The number of carbonyl (C=O) groups is 2. The molecule has 0 spiro atoms. The molecule has 1 aliphatic heterocycles. The van der Waals surface area contributed by atoms with Gasteiger partial charge in [-0.15, -0.1) is 0 Å². The van der Waals surface area contributed by atoms with Crippen molar-refractivity contribution < 1.29 is 9.59 Å². The molecule has 2 fully saturated rings. The highest BCUT2D eigenvalue weighted by Crippen LogP contribution is 2.52. The molecule has 0 aromatic heterocycles. The van der Waals surface area contributed by atoms with Crippen LogP contribution in [0, 0.1) is 23.7 Å². The molecule has 2 amide bonds. The summed E-state index contributed by atoms with van der Waals surface area (Å²) in [6.45, 7) is 6.73. The van der Waals surface area contributed by atoms with Gasteiger partial charge in [-0.05, 0) is 38.5 Å². The number of guanidine groups is 1. The second-order valence-electron chi connectivity index (χ2n) is 6.59. The first-order valence-electron chi connectivity index (χ1n) is 8.66. The largest absolute Gasteiger partial charge is 0.370 e. The Balaban J connectivity index is 1.53. The standard InChI is InChI=1S/C17H26N4O2/c1-3-20(4-2)17(18)19-8-5-9-21-15(22)13-11-6-7-12(10-11)14(13)16(21)23/h6-7,11-14H,3-5,8-10H2,1-2H3,(H2,18,19). The average Bonchev–Trinajstić information content (AvgIpc) is 3.21. The van der Waals surface area contributed by atoms with Crippen molar-refractivity contribution in [3.8, 4) is 0 Å². The molecule has 4 unspecified atom stereocenters. The topological polar surface area (TPSA) is 79.0 Å². The molecule has 126 valence electrons. The van der Waals surface area contributed by atoms with Crippen LogP contribution in [0.1, 0.15) is 26.7 Å². The normalized spacial score (nSPS) is 32.1. The van der Waals surface area contributed by atoms with Crippen molar-refractivity contribution in [2.45, 2.75) is 26.7 Å². The monoisotopic (exact) mass is 318 g/mol. The second-order valence-corrected chi connectivity index (χ2v) is 6.59. The van der Waals surface area contributed by atoms with Gasteiger partial charge in [0.1, 0.15) is 0 Å². The van der Waals surface area contributed by atoms with Crippen molar-refractivity contribution >= 4 is 17.8 Å². The van der Waals surface area contributed by atoms with E-state index in [4.69, 9.17) is 5.73 Å². The number of rotatable bonds is 6. The number of carbonyl (C=O) groups excluding carboxylic acids is 2. The summed E-state index contributed by atoms with van der Waals surface area (Å²) in [7, 11) is 0. The van der Waals surface area contributed by atoms with Crippen LogP contribution in [0.15, 0.2) is 17.1 Å². The summed E-state index contributed by atoms with van der Waals surface area (Å²) in [6, 6.07) is 0. The summed E-state index contributed by atoms with van der Waals surface area (Å²) < 4.78 is 0. The molecule has 4 atom stereocenters. The van der Waals surface area contributed by atoms with Crippen LogP contribution in [0.2, 0.25) is 0 Å². The number of hydrogen-bond donors (Lipinski definition) is 1.